The third-order valence-electron chi connectivity index (χ3n) is 3.43. The quantitative estimate of drug-likeness (QED) is 0.733. The van der Waals surface area contributed by atoms with E-state index in [4.69, 9.17) is 4.74 Å². The fraction of sp³-hybridized carbons (Fsp3) is 0.118. The van der Waals surface area contributed by atoms with E-state index < -0.39 is 0 Å². The number of ether oxygens (including phenoxy) is 1. The molecule has 3 rings (SSSR count). The number of methoxy groups -OCH3 is 1. The molecule has 3 nitrogen and oxygen atoms in total. The lowest BCUT2D eigenvalue weighted by Gasteiger charge is -2.06. The van der Waals surface area contributed by atoms with Crippen LogP contribution in [0.1, 0.15) is 21.5 Å². The number of fused-ring (bicyclic) bond motifs is 1. The molecular weight excluding hydrogens is 250 g/mol. The first kappa shape index (κ1) is 12.5. The van der Waals surface area contributed by atoms with E-state index in [0.717, 1.165) is 16.5 Å². The third-order valence-corrected chi connectivity index (χ3v) is 3.43. The summed E-state index contributed by atoms with van der Waals surface area (Å²) in [6.45, 7) is 2.03. The molecule has 0 unspecified atom stereocenters. The van der Waals surface area contributed by atoms with Gasteiger partial charge in [0.15, 0.2) is 5.78 Å². The van der Waals surface area contributed by atoms with Crippen molar-refractivity contribution in [3.63, 3.8) is 0 Å². The van der Waals surface area contributed by atoms with Gasteiger partial charge < -0.3 is 9.72 Å². The number of aromatic amines is 1. The van der Waals surface area contributed by atoms with E-state index >= 15 is 0 Å². The first-order valence-corrected chi connectivity index (χ1v) is 6.46. The molecule has 3 aromatic rings. The number of para-hydroxylation sites is 1. The Kier molecular flexibility index (Phi) is 3.03. The van der Waals surface area contributed by atoms with Crippen LogP contribution >= 0.6 is 0 Å². The standard InChI is InChI=1S/C17H15NO2/c1-11-7-8-12-14(10-18-15(12)9-11)17(19)13-5-3-4-6-16(13)20-2/h3-10,18H,1-2H3. The molecule has 0 radical (unpaired) electrons. The van der Waals surface area contributed by atoms with E-state index in [1.807, 2.05) is 37.3 Å². The van der Waals surface area contributed by atoms with Gasteiger partial charge in [-0.3, -0.25) is 4.79 Å². The second-order valence-electron chi connectivity index (χ2n) is 4.78. The molecule has 100 valence electrons. The van der Waals surface area contributed by atoms with Crippen molar-refractivity contribution in [2.24, 2.45) is 0 Å². The van der Waals surface area contributed by atoms with E-state index in [1.165, 1.54) is 0 Å². The van der Waals surface area contributed by atoms with Crippen molar-refractivity contribution < 1.29 is 9.53 Å². The molecule has 0 aliphatic carbocycles. The molecule has 0 saturated heterocycles. The predicted octanol–water partition coefficient (Wildman–Crippen LogP) is 3.72. The summed E-state index contributed by atoms with van der Waals surface area (Å²) in [4.78, 5) is 15.8. The molecule has 0 amide bonds. The minimum Gasteiger partial charge on any atom is -0.496 e. The molecule has 1 aromatic heterocycles. The summed E-state index contributed by atoms with van der Waals surface area (Å²) >= 11 is 0. The highest BCUT2D eigenvalue weighted by atomic mass is 16.5. The van der Waals surface area contributed by atoms with Crippen LogP contribution in [0, 0.1) is 6.92 Å². The molecule has 0 aliphatic rings. The Labute approximate surface area is 117 Å². The van der Waals surface area contributed by atoms with Crippen LogP contribution in [0.15, 0.2) is 48.7 Å². The van der Waals surface area contributed by atoms with Gasteiger partial charge in [-0.05, 0) is 30.7 Å². The Bertz CT molecular complexity index is 787. The molecule has 0 bridgehead atoms. The number of hydrogen-bond acceptors (Lipinski definition) is 2. The van der Waals surface area contributed by atoms with Crippen molar-refractivity contribution in [3.05, 3.63) is 65.4 Å². The molecule has 20 heavy (non-hydrogen) atoms. The topological polar surface area (TPSA) is 42.1 Å². The summed E-state index contributed by atoms with van der Waals surface area (Å²) in [7, 11) is 1.57. The Morgan fingerprint density at radius 2 is 1.90 bits per heavy atom. The zero-order valence-corrected chi connectivity index (χ0v) is 11.4. The van der Waals surface area contributed by atoms with Gasteiger partial charge in [-0.25, -0.2) is 0 Å². The van der Waals surface area contributed by atoms with Crippen molar-refractivity contribution >= 4 is 16.7 Å². The van der Waals surface area contributed by atoms with Crippen molar-refractivity contribution in [2.75, 3.05) is 7.11 Å². The molecular formula is C17H15NO2. The van der Waals surface area contributed by atoms with Gasteiger partial charge in [0.05, 0.1) is 12.7 Å². The monoisotopic (exact) mass is 265 g/mol. The molecule has 1 N–H and O–H groups in total. The van der Waals surface area contributed by atoms with Gasteiger partial charge in [-0.2, -0.15) is 0 Å². The Balaban J connectivity index is 2.13. The predicted molar refractivity (Wildman–Crippen MR) is 79.5 cm³/mol. The second kappa shape index (κ2) is 4.85. The highest BCUT2D eigenvalue weighted by molar-refractivity contribution is 6.17. The van der Waals surface area contributed by atoms with Crippen LogP contribution in [0.3, 0.4) is 0 Å². The normalized spacial score (nSPS) is 10.7. The van der Waals surface area contributed by atoms with Gasteiger partial charge in [0.25, 0.3) is 0 Å². The van der Waals surface area contributed by atoms with Crippen molar-refractivity contribution in [1.82, 2.24) is 4.98 Å². The van der Waals surface area contributed by atoms with E-state index in [1.54, 1.807) is 25.4 Å². The van der Waals surface area contributed by atoms with Crippen LogP contribution in [-0.4, -0.2) is 17.9 Å². The molecule has 3 heteroatoms. The molecule has 0 fully saturated rings. The Morgan fingerprint density at radius 1 is 1.10 bits per heavy atom. The van der Waals surface area contributed by atoms with E-state index in [9.17, 15) is 4.79 Å². The van der Waals surface area contributed by atoms with Crippen LogP contribution in [0.2, 0.25) is 0 Å². The van der Waals surface area contributed by atoms with Crippen molar-refractivity contribution in [1.29, 1.82) is 0 Å². The number of aryl methyl sites for hydroxylation is 1. The smallest absolute Gasteiger partial charge is 0.198 e. The van der Waals surface area contributed by atoms with Gasteiger partial charge in [0.1, 0.15) is 5.75 Å². The van der Waals surface area contributed by atoms with Gasteiger partial charge in [-0.15, -0.1) is 0 Å². The lowest BCUT2D eigenvalue weighted by atomic mass is 10.0. The number of rotatable bonds is 3. The van der Waals surface area contributed by atoms with Crippen molar-refractivity contribution in [3.8, 4) is 5.75 Å². The average molecular weight is 265 g/mol. The summed E-state index contributed by atoms with van der Waals surface area (Å²) in [6, 6.07) is 13.3. The number of nitrogens with one attached hydrogen (secondary N) is 1. The summed E-state index contributed by atoms with van der Waals surface area (Å²) < 4.78 is 5.26. The number of benzene rings is 2. The molecule has 0 spiro atoms. The number of hydrogen-bond donors (Lipinski definition) is 1. The summed E-state index contributed by atoms with van der Waals surface area (Å²) in [5.74, 6) is 0.566. The number of carbonyl (C=O) groups excluding carboxylic acids is 1. The number of H-pyrrole nitrogens is 1. The SMILES string of the molecule is COc1ccccc1C(=O)c1c[nH]c2cc(C)ccc12. The van der Waals surface area contributed by atoms with Crippen LogP contribution in [0.4, 0.5) is 0 Å². The fourth-order valence-corrected chi connectivity index (χ4v) is 2.41. The molecule has 0 aliphatic heterocycles. The zero-order valence-electron chi connectivity index (χ0n) is 11.4. The summed E-state index contributed by atoms with van der Waals surface area (Å²) in [5, 5.41) is 0.937. The lowest BCUT2D eigenvalue weighted by molar-refractivity contribution is 0.103. The molecule has 0 saturated carbocycles. The Morgan fingerprint density at radius 3 is 2.70 bits per heavy atom. The maximum atomic E-state index is 12.7. The van der Waals surface area contributed by atoms with E-state index in [0.29, 0.717) is 16.9 Å². The maximum absolute atomic E-state index is 12.7. The minimum absolute atomic E-state index is 0.0300. The van der Waals surface area contributed by atoms with E-state index in [2.05, 4.69) is 4.98 Å². The summed E-state index contributed by atoms with van der Waals surface area (Å²) in [6.07, 6.45) is 1.76. The number of aromatic nitrogens is 1. The van der Waals surface area contributed by atoms with Gasteiger partial charge in [-0.1, -0.05) is 24.3 Å². The largest absolute Gasteiger partial charge is 0.496 e. The van der Waals surface area contributed by atoms with Gasteiger partial charge in [0.2, 0.25) is 0 Å². The second-order valence-corrected chi connectivity index (χ2v) is 4.78. The highest BCUT2D eigenvalue weighted by Crippen LogP contribution is 2.26. The third kappa shape index (κ3) is 1.97. The molecule has 1 heterocycles. The minimum atomic E-state index is -0.0300. The van der Waals surface area contributed by atoms with Crippen LogP contribution in [0.25, 0.3) is 10.9 Å². The van der Waals surface area contributed by atoms with Crippen LogP contribution in [-0.2, 0) is 0 Å². The fourth-order valence-electron chi connectivity index (χ4n) is 2.41. The van der Waals surface area contributed by atoms with Gasteiger partial charge in [0, 0.05) is 22.7 Å². The van der Waals surface area contributed by atoms with Crippen LogP contribution < -0.4 is 4.74 Å². The lowest BCUT2D eigenvalue weighted by Crippen LogP contribution is -2.03. The Hall–Kier alpha value is -2.55. The summed E-state index contributed by atoms with van der Waals surface area (Å²) in [5.41, 5.74) is 3.39. The van der Waals surface area contributed by atoms with Gasteiger partial charge >= 0.3 is 0 Å². The van der Waals surface area contributed by atoms with E-state index in [-0.39, 0.29) is 5.78 Å². The average Bonchev–Trinajstić information content (AvgIpc) is 2.89. The first-order valence-electron chi connectivity index (χ1n) is 6.46. The van der Waals surface area contributed by atoms with Crippen molar-refractivity contribution in [2.45, 2.75) is 6.92 Å². The van der Waals surface area contributed by atoms with Crippen LogP contribution in [0.5, 0.6) is 5.75 Å². The number of ketones is 1. The molecule has 0 atom stereocenters. The maximum Gasteiger partial charge on any atom is 0.198 e. The molecule has 2 aromatic carbocycles. The zero-order chi connectivity index (χ0) is 14.1. The highest BCUT2D eigenvalue weighted by Gasteiger charge is 2.17. The number of carbonyl (C=O) groups is 1. The first-order chi connectivity index (χ1) is 9.70.